The van der Waals surface area contributed by atoms with Gasteiger partial charge in [-0.1, -0.05) is 24.3 Å². The van der Waals surface area contributed by atoms with Crippen LogP contribution in [0.3, 0.4) is 0 Å². The van der Waals surface area contributed by atoms with Gasteiger partial charge in [0, 0.05) is 12.3 Å². The summed E-state index contributed by atoms with van der Waals surface area (Å²) >= 11 is 1.34. The van der Waals surface area contributed by atoms with Crippen LogP contribution < -0.4 is 11.1 Å². The first kappa shape index (κ1) is 19.2. The van der Waals surface area contributed by atoms with Crippen LogP contribution in [0.25, 0.3) is 0 Å². The lowest BCUT2D eigenvalue weighted by atomic mass is 9.86. The highest BCUT2D eigenvalue weighted by Gasteiger charge is 2.56. The summed E-state index contributed by atoms with van der Waals surface area (Å²) < 4.78 is 0. The minimum atomic E-state index is -1.11. The molecule has 3 rings (SSSR count). The maximum atomic E-state index is 12.5. The summed E-state index contributed by atoms with van der Waals surface area (Å²) in [5, 5.41) is 21.2. The van der Waals surface area contributed by atoms with E-state index in [1.807, 2.05) is 0 Å². The molecule has 0 aliphatic carbocycles. The largest absolute Gasteiger partial charge is 0.508 e. The standard InChI is InChI=1S/C18H21N3O5S/c1-2-7-18(17(25)26)8-21-15(24)13(16(21)27-9-18)20-14(23)12(19)10-3-5-11(22)6-4-10/h2-7,12-13,16,22H,8-9,19H2,1H3,(H,20,23)(H,25,26)/t12?,13-,16-,18?/m1/s1. The fraction of sp³-hybridized carbons (Fsp3) is 0.389. The van der Waals surface area contributed by atoms with E-state index < -0.39 is 29.4 Å². The van der Waals surface area contributed by atoms with Crippen molar-refractivity contribution < 1.29 is 24.6 Å². The lowest BCUT2D eigenvalue weighted by Gasteiger charge is -2.53. The Kier molecular flexibility index (Phi) is 5.16. The minimum absolute atomic E-state index is 0.0674. The number of amides is 2. The lowest BCUT2D eigenvalue weighted by Crippen LogP contribution is -2.73. The highest BCUT2D eigenvalue weighted by molar-refractivity contribution is 8.00. The zero-order chi connectivity index (χ0) is 19.8. The minimum Gasteiger partial charge on any atom is -0.508 e. The molecule has 0 aromatic heterocycles. The second kappa shape index (κ2) is 7.24. The predicted molar refractivity (Wildman–Crippen MR) is 99.8 cm³/mol. The Morgan fingerprint density at radius 2 is 2.07 bits per heavy atom. The number of aromatic hydroxyl groups is 1. The Morgan fingerprint density at radius 1 is 1.41 bits per heavy atom. The van der Waals surface area contributed by atoms with Crippen LogP contribution in [0.4, 0.5) is 0 Å². The van der Waals surface area contributed by atoms with Gasteiger partial charge in [0.15, 0.2) is 0 Å². The van der Waals surface area contributed by atoms with Gasteiger partial charge < -0.3 is 26.2 Å². The van der Waals surface area contributed by atoms with Crippen molar-refractivity contribution in [2.24, 2.45) is 11.1 Å². The van der Waals surface area contributed by atoms with Crippen molar-refractivity contribution in [2.45, 2.75) is 24.4 Å². The van der Waals surface area contributed by atoms with Crippen molar-refractivity contribution in [3.63, 3.8) is 0 Å². The molecule has 1 aromatic carbocycles. The normalized spacial score (nSPS) is 28.4. The van der Waals surface area contributed by atoms with E-state index in [-0.39, 0.29) is 23.6 Å². The average Bonchev–Trinajstić information content (AvgIpc) is 2.66. The summed E-state index contributed by atoms with van der Waals surface area (Å²) in [5.74, 6) is -1.40. The van der Waals surface area contributed by atoms with Crippen molar-refractivity contribution in [1.29, 1.82) is 0 Å². The molecular weight excluding hydrogens is 370 g/mol. The Morgan fingerprint density at radius 3 is 2.67 bits per heavy atom. The molecule has 0 bridgehead atoms. The lowest BCUT2D eigenvalue weighted by molar-refractivity contribution is -0.156. The third-order valence-corrected chi connectivity index (χ3v) is 6.40. The third kappa shape index (κ3) is 3.40. The Balaban J connectivity index is 1.66. The molecule has 2 amide bonds. The molecule has 5 N–H and O–H groups in total. The van der Waals surface area contributed by atoms with Gasteiger partial charge in [0.25, 0.3) is 0 Å². The third-order valence-electron chi connectivity index (χ3n) is 4.85. The first-order valence-corrected chi connectivity index (χ1v) is 9.48. The van der Waals surface area contributed by atoms with Gasteiger partial charge >= 0.3 is 5.97 Å². The number of β-lactam (4-membered cyclic amide) rings is 1. The van der Waals surface area contributed by atoms with Gasteiger partial charge in [-0.3, -0.25) is 14.4 Å². The topological polar surface area (TPSA) is 133 Å². The van der Waals surface area contributed by atoms with E-state index in [9.17, 15) is 24.6 Å². The SMILES string of the molecule is CC=CC1(C(=O)O)CS[C@@H]2[C@H](NC(=O)C(N)c3ccc(O)cc3)C(=O)N2C1. The number of nitrogens with two attached hydrogens (primary N) is 1. The van der Waals surface area contributed by atoms with Crippen molar-refractivity contribution in [1.82, 2.24) is 10.2 Å². The quantitative estimate of drug-likeness (QED) is 0.423. The number of fused-ring (bicyclic) bond motifs is 1. The number of hydrogen-bond donors (Lipinski definition) is 4. The fourth-order valence-electron chi connectivity index (χ4n) is 3.29. The van der Waals surface area contributed by atoms with E-state index in [0.717, 1.165) is 0 Å². The number of phenolic OH excluding ortho intramolecular Hbond substituents is 1. The number of thioether (sulfide) groups is 1. The molecule has 0 saturated carbocycles. The number of nitrogens with zero attached hydrogens (tertiary/aromatic N) is 1. The van der Waals surface area contributed by atoms with E-state index in [1.54, 1.807) is 31.2 Å². The van der Waals surface area contributed by atoms with E-state index in [2.05, 4.69) is 5.32 Å². The summed E-state index contributed by atoms with van der Waals surface area (Å²) in [7, 11) is 0. The molecule has 2 aliphatic heterocycles. The number of carboxylic acids is 1. The number of phenols is 1. The first-order chi connectivity index (χ1) is 12.8. The predicted octanol–water partition coefficient (Wildman–Crippen LogP) is 0.439. The second-order valence-corrected chi connectivity index (χ2v) is 7.79. The number of nitrogens with one attached hydrogen (secondary N) is 1. The second-order valence-electron chi connectivity index (χ2n) is 6.68. The number of hydrogen-bond acceptors (Lipinski definition) is 6. The summed E-state index contributed by atoms with van der Waals surface area (Å²) in [5.41, 5.74) is 5.35. The van der Waals surface area contributed by atoms with Gasteiger partial charge in [-0.2, -0.15) is 0 Å². The molecule has 2 fully saturated rings. The van der Waals surface area contributed by atoms with E-state index in [0.29, 0.717) is 11.3 Å². The number of carboxylic acid groups (broad SMARTS) is 1. The maximum absolute atomic E-state index is 12.5. The smallest absolute Gasteiger partial charge is 0.316 e. The van der Waals surface area contributed by atoms with Crippen LogP contribution in [0.1, 0.15) is 18.5 Å². The van der Waals surface area contributed by atoms with Crippen LogP contribution in [0, 0.1) is 5.41 Å². The van der Waals surface area contributed by atoms with Crippen LogP contribution in [-0.4, -0.2) is 56.6 Å². The number of carbonyl (C=O) groups excluding carboxylic acids is 2. The fourth-order valence-corrected chi connectivity index (χ4v) is 4.81. The van der Waals surface area contributed by atoms with Crippen LogP contribution in [0.2, 0.25) is 0 Å². The van der Waals surface area contributed by atoms with E-state index in [4.69, 9.17) is 5.73 Å². The highest BCUT2D eigenvalue weighted by atomic mass is 32.2. The molecule has 144 valence electrons. The Bertz CT molecular complexity index is 797. The Hall–Kier alpha value is -2.52. The molecule has 0 spiro atoms. The van der Waals surface area contributed by atoms with Crippen LogP contribution >= 0.6 is 11.8 Å². The molecule has 0 radical (unpaired) electrons. The van der Waals surface area contributed by atoms with E-state index >= 15 is 0 Å². The van der Waals surface area contributed by atoms with Gasteiger partial charge in [-0.15, -0.1) is 11.8 Å². The zero-order valence-corrected chi connectivity index (χ0v) is 15.5. The van der Waals surface area contributed by atoms with Crippen molar-refractivity contribution in [2.75, 3.05) is 12.3 Å². The van der Waals surface area contributed by atoms with Crippen molar-refractivity contribution in [3.05, 3.63) is 42.0 Å². The van der Waals surface area contributed by atoms with Gasteiger partial charge in [-0.05, 0) is 24.6 Å². The molecular formula is C18H21N3O5S. The van der Waals surface area contributed by atoms with Gasteiger partial charge in [0.2, 0.25) is 11.8 Å². The van der Waals surface area contributed by atoms with Crippen molar-refractivity contribution in [3.8, 4) is 5.75 Å². The maximum Gasteiger partial charge on any atom is 0.316 e. The van der Waals surface area contributed by atoms with Gasteiger partial charge in [-0.25, -0.2) is 0 Å². The number of carbonyl (C=O) groups is 3. The summed E-state index contributed by atoms with van der Waals surface area (Å²) in [4.78, 5) is 38.0. The molecule has 2 aliphatic rings. The molecule has 4 atom stereocenters. The van der Waals surface area contributed by atoms with Crippen molar-refractivity contribution >= 4 is 29.5 Å². The van der Waals surface area contributed by atoms with E-state index in [1.165, 1.54) is 28.8 Å². The molecule has 8 nitrogen and oxygen atoms in total. The van der Waals surface area contributed by atoms with Crippen LogP contribution in [0.5, 0.6) is 5.75 Å². The summed E-state index contributed by atoms with van der Waals surface area (Å²) in [6, 6.07) is 4.26. The van der Waals surface area contributed by atoms with Gasteiger partial charge in [0.1, 0.15) is 28.6 Å². The number of allylic oxidation sites excluding steroid dienone is 1. The molecule has 2 heterocycles. The molecule has 2 unspecified atom stereocenters. The molecule has 1 aromatic rings. The highest BCUT2D eigenvalue weighted by Crippen LogP contribution is 2.43. The Labute approximate surface area is 160 Å². The summed E-state index contributed by atoms with van der Waals surface area (Å²) in [6.07, 6.45) is 3.29. The number of benzene rings is 1. The zero-order valence-electron chi connectivity index (χ0n) is 14.7. The molecule has 2 saturated heterocycles. The average molecular weight is 391 g/mol. The molecule has 27 heavy (non-hydrogen) atoms. The summed E-state index contributed by atoms with van der Waals surface area (Å²) in [6.45, 7) is 1.83. The first-order valence-electron chi connectivity index (χ1n) is 8.43. The number of rotatable bonds is 5. The monoisotopic (exact) mass is 391 g/mol. The number of aliphatic carboxylic acids is 1. The molecule has 9 heteroatoms. The van der Waals surface area contributed by atoms with Gasteiger partial charge in [0.05, 0.1) is 0 Å². The van der Waals surface area contributed by atoms with Crippen LogP contribution in [0.15, 0.2) is 36.4 Å². The van der Waals surface area contributed by atoms with Crippen LogP contribution in [-0.2, 0) is 14.4 Å².